The van der Waals surface area contributed by atoms with Crippen molar-refractivity contribution in [3.8, 4) is 0 Å². The molecule has 1 aromatic carbocycles. The maximum absolute atomic E-state index is 12.8. The number of nitrogens with one attached hydrogen (secondary N) is 2. The van der Waals surface area contributed by atoms with Gasteiger partial charge in [-0.15, -0.1) is 0 Å². The molecule has 0 radical (unpaired) electrons. The standard InChI is InChI=1S/C14H11F3N4O3/c15-14(16,17)13-19-8-3-1-2-7(11(8)20-13)18-9-6-10(23)21(4-5-22)12(9)24/h1-3,6,18,22H,4-5H2,(H,19,20). The Kier molecular flexibility index (Phi) is 3.76. The molecule has 0 atom stereocenters. The Morgan fingerprint density at radius 2 is 2.04 bits per heavy atom. The van der Waals surface area contributed by atoms with Crippen molar-refractivity contribution in [1.29, 1.82) is 0 Å². The van der Waals surface area contributed by atoms with Gasteiger partial charge in [-0.3, -0.25) is 14.5 Å². The SMILES string of the molecule is O=C1C=C(Nc2cccc3[nH]c(C(F)(F)F)nc23)C(=O)N1CCO. The summed E-state index contributed by atoms with van der Waals surface area (Å²) in [4.78, 5) is 30.2. The second-order valence-electron chi connectivity index (χ2n) is 4.99. The van der Waals surface area contributed by atoms with Crippen LogP contribution >= 0.6 is 0 Å². The third-order valence-electron chi connectivity index (χ3n) is 3.38. The van der Waals surface area contributed by atoms with Gasteiger partial charge in [-0.25, -0.2) is 4.98 Å². The number of aromatic amines is 1. The van der Waals surface area contributed by atoms with E-state index in [2.05, 4.69) is 15.3 Å². The maximum Gasteiger partial charge on any atom is 0.449 e. The number of nitrogens with zero attached hydrogens (tertiary/aromatic N) is 2. The Labute approximate surface area is 132 Å². The van der Waals surface area contributed by atoms with Crippen LogP contribution in [-0.4, -0.2) is 44.9 Å². The van der Waals surface area contributed by atoms with Gasteiger partial charge in [-0.05, 0) is 12.1 Å². The van der Waals surface area contributed by atoms with Crippen molar-refractivity contribution < 1.29 is 27.9 Å². The van der Waals surface area contributed by atoms with Crippen molar-refractivity contribution in [3.63, 3.8) is 0 Å². The largest absolute Gasteiger partial charge is 0.449 e. The van der Waals surface area contributed by atoms with Crippen molar-refractivity contribution in [2.75, 3.05) is 18.5 Å². The van der Waals surface area contributed by atoms with Crippen molar-refractivity contribution in [1.82, 2.24) is 14.9 Å². The van der Waals surface area contributed by atoms with Crippen LogP contribution in [0.2, 0.25) is 0 Å². The highest BCUT2D eigenvalue weighted by Gasteiger charge is 2.35. The fraction of sp³-hybridized carbons (Fsp3) is 0.214. The number of imide groups is 1. The zero-order valence-electron chi connectivity index (χ0n) is 12.0. The van der Waals surface area contributed by atoms with E-state index >= 15 is 0 Å². The third-order valence-corrected chi connectivity index (χ3v) is 3.38. The van der Waals surface area contributed by atoms with Crippen LogP contribution in [0, 0.1) is 0 Å². The topological polar surface area (TPSA) is 98.3 Å². The van der Waals surface area contributed by atoms with Crippen molar-refractivity contribution >= 4 is 28.5 Å². The fourth-order valence-electron chi connectivity index (χ4n) is 2.32. The van der Waals surface area contributed by atoms with Gasteiger partial charge in [-0.2, -0.15) is 13.2 Å². The molecule has 2 aromatic rings. The van der Waals surface area contributed by atoms with E-state index in [-0.39, 0.29) is 35.6 Å². The van der Waals surface area contributed by atoms with E-state index in [0.717, 1.165) is 11.0 Å². The summed E-state index contributed by atoms with van der Waals surface area (Å²) in [6.45, 7) is -0.549. The molecule has 1 aromatic heterocycles. The third kappa shape index (κ3) is 2.71. The van der Waals surface area contributed by atoms with Crippen LogP contribution in [0.5, 0.6) is 0 Å². The van der Waals surface area contributed by atoms with Gasteiger partial charge in [0, 0.05) is 6.08 Å². The van der Waals surface area contributed by atoms with E-state index in [4.69, 9.17) is 5.11 Å². The van der Waals surface area contributed by atoms with Crippen molar-refractivity contribution in [3.05, 3.63) is 35.8 Å². The Bertz CT molecular complexity index is 857. The molecule has 7 nitrogen and oxygen atoms in total. The van der Waals surface area contributed by atoms with Crippen LogP contribution < -0.4 is 5.32 Å². The lowest BCUT2D eigenvalue weighted by atomic mass is 10.2. The Hall–Kier alpha value is -2.88. The Morgan fingerprint density at radius 3 is 2.71 bits per heavy atom. The van der Waals surface area contributed by atoms with Gasteiger partial charge in [0.25, 0.3) is 11.8 Å². The minimum absolute atomic E-state index is 0.00779. The number of benzene rings is 1. The number of hydrogen-bond acceptors (Lipinski definition) is 5. The molecule has 24 heavy (non-hydrogen) atoms. The molecule has 0 spiro atoms. The minimum Gasteiger partial charge on any atom is -0.395 e. The number of rotatable bonds is 4. The van der Waals surface area contributed by atoms with Gasteiger partial charge < -0.3 is 15.4 Å². The number of aliphatic hydroxyl groups excluding tert-OH is 1. The number of carbonyl (C=O) groups is 2. The first-order valence-electron chi connectivity index (χ1n) is 6.82. The van der Waals surface area contributed by atoms with Crippen molar-refractivity contribution in [2.24, 2.45) is 0 Å². The van der Waals surface area contributed by atoms with E-state index in [9.17, 15) is 22.8 Å². The quantitative estimate of drug-likeness (QED) is 0.728. The molecule has 2 amide bonds. The van der Waals surface area contributed by atoms with E-state index in [1.165, 1.54) is 18.2 Å². The number of alkyl halides is 3. The summed E-state index contributed by atoms with van der Waals surface area (Å²) in [6, 6.07) is 4.34. The average Bonchev–Trinajstić information content (AvgIpc) is 3.05. The summed E-state index contributed by atoms with van der Waals surface area (Å²) in [6.07, 6.45) is -3.61. The Balaban J connectivity index is 1.94. The summed E-state index contributed by atoms with van der Waals surface area (Å²) in [5.74, 6) is -2.43. The molecule has 3 N–H and O–H groups in total. The molecule has 0 bridgehead atoms. The number of H-pyrrole nitrogens is 1. The molecular weight excluding hydrogens is 329 g/mol. The predicted molar refractivity (Wildman–Crippen MR) is 76.6 cm³/mol. The second-order valence-corrected chi connectivity index (χ2v) is 4.99. The lowest BCUT2D eigenvalue weighted by molar-refractivity contribution is -0.144. The lowest BCUT2D eigenvalue weighted by Crippen LogP contribution is -2.34. The highest BCUT2D eigenvalue weighted by Crippen LogP contribution is 2.31. The molecule has 10 heteroatoms. The molecule has 0 fully saturated rings. The van der Waals surface area contributed by atoms with Crippen LogP contribution in [0.1, 0.15) is 5.82 Å². The van der Waals surface area contributed by atoms with E-state index in [1.807, 2.05) is 0 Å². The van der Waals surface area contributed by atoms with Crippen LogP contribution in [-0.2, 0) is 15.8 Å². The number of aromatic nitrogens is 2. The van der Waals surface area contributed by atoms with E-state index < -0.39 is 23.8 Å². The highest BCUT2D eigenvalue weighted by molar-refractivity contribution is 6.17. The number of aliphatic hydroxyl groups is 1. The fourth-order valence-corrected chi connectivity index (χ4v) is 2.32. The molecule has 0 saturated heterocycles. The van der Waals surface area contributed by atoms with Gasteiger partial charge in [0.05, 0.1) is 24.4 Å². The van der Waals surface area contributed by atoms with Crippen LogP contribution in [0.4, 0.5) is 18.9 Å². The lowest BCUT2D eigenvalue weighted by Gasteiger charge is -2.13. The molecule has 126 valence electrons. The van der Waals surface area contributed by atoms with Gasteiger partial charge in [0.15, 0.2) is 0 Å². The summed E-state index contributed by atoms with van der Waals surface area (Å²) >= 11 is 0. The normalized spacial score (nSPS) is 15.3. The summed E-state index contributed by atoms with van der Waals surface area (Å²) < 4.78 is 38.3. The number of halogens is 3. The maximum atomic E-state index is 12.8. The van der Waals surface area contributed by atoms with E-state index in [0.29, 0.717) is 0 Å². The van der Waals surface area contributed by atoms with Crippen LogP contribution in [0.15, 0.2) is 30.0 Å². The summed E-state index contributed by atoms with van der Waals surface area (Å²) in [5, 5.41) is 11.5. The zero-order chi connectivity index (χ0) is 17.5. The van der Waals surface area contributed by atoms with Gasteiger partial charge in [-0.1, -0.05) is 6.07 Å². The van der Waals surface area contributed by atoms with Gasteiger partial charge >= 0.3 is 6.18 Å². The molecule has 0 aliphatic carbocycles. The molecule has 0 unspecified atom stereocenters. The number of anilines is 1. The summed E-state index contributed by atoms with van der Waals surface area (Å²) in [5.41, 5.74) is 0.179. The molecule has 1 aliphatic rings. The van der Waals surface area contributed by atoms with Crippen LogP contribution in [0.3, 0.4) is 0 Å². The minimum atomic E-state index is -4.63. The van der Waals surface area contributed by atoms with Gasteiger partial charge in [0.1, 0.15) is 11.2 Å². The Morgan fingerprint density at radius 1 is 1.29 bits per heavy atom. The first-order chi connectivity index (χ1) is 11.3. The number of hydrogen-bond donors (Lipinski definition) is 3. The van der Waals surface area contributed by atoms with E-state index in [1.54, 1.807) is 0 Å². The summed E-state index contributed by atoms with van der Waals surface area (Å²) in [7, 11) is 0. The molecule has 1 aliphatic heterocycles. The molecule has 2 heterocycles. The first kappa shape index (κ1) is 16.0. The van der Waals surface area contributed by atoms with Gasteiger partial charge in [0.2, 0.25) is 5.82 Å². The predicted octanol–water partition coefficient (Wildman–Crippen LogP) is 1.24. The number of fused-ring (bicyclic) bond motifs is 1. The average molecular weight is 340 g/mol. The zero-order valence-corrected chi connectivity index (χ0v) is 12.0. The number of amides is 2. The molecule has 0 saturated carbocycles. The smallest absolute Gasteiger partial charge is 0.395 e. The number of carbonyl (C=O) groups excluding carboxylic acids is 2. The molecule has 3 rings (SSSR count). The highest BCUT2D eigenvalue weighted by atomic mass is 19.4. The number of β-amino-alcohol motifs (C(OH)–C–C–N with tert-alkyl or cyclic N) is 1. The number of imidazole rings is 1. The van der Waals surface area contributed by atoms with Crippen molar-refractivity contribution in [2.45, 2.75) is 6.18 Å². The second kappa shape index (κ2) is 5.64. The molecular formula is C14H11F3N4O3. The number of para-hydroxylation sites is 1. The van der Waals surface area contributed by atoms with Crippen LogP contribution in [0.25, 0.3) is 11.0 Å². The first-order valence-corrected chi connectivity index (χ1v) is 6.82. The monoisotopic (exact) mass is 340 g/mol.